The number of pyridine rings is 1. The minimum atomic E-state index is -0.0816. The van der Waals surface area contributed by atoms with Crippen LogP contribution in [0.5, 0.6) is 0 Å². The summed E-state index contributed by atoms with van der Waals surface area (Å²) in [5, 5.41) is 2.86. The zero-order valence-corrected chi connectivity index (χ0v) is 14.4. The van der Waals surface area contributed by atoms with Crippen molar-refractivity contribution in [2.45, 2.75) is 33.7 Å². The van der Waals surface area contributed by atoms with E-state index >= 15 is 0 Å². The van der Waals surface area contributed by atoms with E-state index in [0.29, 0.717) is 13.1 Å². The molecule has 0 fully saturated rings. The van der Waals surface area contributed by atoms with Crippen molar-refractivity contribution in [1.29, 1.82) is 0 Å². The molecular formula is C19H23N3O2. The van der Waals surface area contributed by atoms with Crippen LogP contribution < -0.4 is 10.2 Å². The number of carbonyl (C=O) groups is 2. The first-order chi connectivity index (χ1) is 11.5. The third kappa shape index (κ3) is 4.91. The van der Waals surface area contributed by atoms with Crippen molar-refractivity contribution in [3.8, 4) is 0 Å². The molecule has 0 spiro atoms. The Labute approximate surface area is 142 Å². The van der Waals surface area contributed by atoms with Crippen LogP contribution in [0.4, 0.5) is 5.69 Å². The lowest BCUT2D eigenvalue weighted by Gasteiger charge is -2.22. The van der Waals surface area contributed by atoms with Gasteiger partial charge in [-0.1, -0.05) is 6.07 Å². The second kappa shape index (κ2) is 8.24. The van der Waals surface area contributed by atoms with Gasteiger partial charge in [0.1, 0.15) is 0 Å². The number of aromatic nitrogens is 1. The van der Waals surface area contributed by atoms with Crippen LogP contribution in [0.2, 0.25) is 0 Å². The van der Waals surface area contributed by atoms with Gasteiger partial charge in [0.15, 0.2) is 0 Å². The van der Waals surface area contributed by atoms with E-state index in [2.05, 4.69) is 10.3 Å². The topological polar surface area (TPSA) is 62.3 Å². The first-order valence-corrected chi connectivity index (χ1v) is 7.98. The number of benzene rings is 1. The Morgan fingerprint density at radius 1 is 1.08 bits per heavy atom. The lowest BCUT2D eigenvalue weighted by Crippen LogP contribution is -2.33. The summed E-state index contributed by atoms with van der Waals surface area (Å²) >= 11 is 0. The molecule has 0 saturated heterocycles. The molecule has 5 nitrogen and oxygen atoms in total. The molecule has 0 radical (unpaired) electrons. The first kappa shape index (κ1) is 17.7. The number of rotatable bonds is 6. The van der Waals surface area contributed by atoms with Gasteiger partial charge in [-0.2, -0.15) is 0 Å². The number of hydrogen-bond donors (Lipinski definition) is 1. The van der Waals surface area contributed by atoms with Gasteiger partial charge >= 0.3 is 0 Å². The average molecular weight is 325 g/mol. The summed E-state index contributed by atoms with van der Waals surface area (Å²) in [5.74, 6) is -0.151. The number of nitrogens with one attached hydrogen (secondary N) is 1. The van der Waals surface area contributed by atoms with Gasteiger partial charge in [-0.15, -0.1) is 0 Å². The van der Waals surface area contributed by atoms with E-state index in [4.69, 9.17) is 0 Å². The van der Waals surface area contributed by atoms with E-state index in [1.165, 1.54) is 12.5 Å². The van der Waals surface area contributed by atoms with Crippen LogP contribution in [0, 0.1) is 13.8 Å². The summed E-state index contributed by atoms with van der Waals surface area (Å²) < 4.78 is 0. The summed E-state index contributed by atoms with van der Waals surface area (Å²) in [4.78, 5) is 29.5. The summed E-state index contributed by atoms with van der Waals surface area (Å²) in [6.45, 7) is 6.39. The number of aryl methyl sites for hydroxylation is 2. The van der Waals surface area contributed by atoms with Crippen LogP contribution in [0.1, 0.15) is 30.0 Å². The summed E-state index contributed by atoms with van der Waals surface area (Å²) in [6.07, 6.45) is 3.65. The zero-order chi connectivity index (χ0) is 17.5. The highest BCUT2D eigenvalue weighted by atomic mass is 16.2. The molecule has 0 atom stereocenters. The Morgan fingerprint density at radius 2 is 1.79 bits per heavy atom. The Balaban J connectivity index is 1.92. The Kier molecular flexibility index (Phi) is 6.07. The standard InChI is InChI=1S/C19H23N3O2/c1-14-4-5-18(12-15(14)2)22(16(3)23)11-8-19(24)21-13-17-6-9-20-10-7-17/h4-7,9-10,12H,8,11,13H2,1-3H3,(H,21,24). The van der Waals surface area contributed by atoms with Crippen molar-refractivity contribution < 1.29 is 9.59 Å². The predicted molar refractivity (Wildman–Crippen MR) is 94.6 cm³/mol. The summed E-state index contributed by atoms with van der Waals surface area (Å²) in [7, 11) is 0. The summed E-state index contributed by atoms with van der Waals surface area (Å²) in [6, 6.07) is 9.60. The maximum absolute atomic E-state index is 12.0. The molecule has 1 aromatic heterocycles. The van der Waals surface area contributed by atoms with Crippen LogP contribution in [0.25, 0.3) is 0 Å². The smallest absolute Gasteiger partial charge is 0.223 e. The molecule has 1 N–H and O–H groups in total. The number of amides is 2. The number of nitrogens with zero attached hydrogens (tertiary/aromatic N) is 2. The third-order valence-electron chi connectivity index (χ3n) is 3.98. The maximum Gasteiger partial charge on any atom is 0.223 e. The number of carbonyl (C=O) groups excluding carboxylic acids is 2. The molecule has 2 amide bonds. The van der Waals surface area contributed by atoms with E-state index in [-0.39, 0.29) is 18.2 Å². The van der Waals surface area contributed by atoms with Gasteiger partial charge in [-0.25, -0.2) is 0 Å². The van der Waals surface area contributed by atoms with Gasteiger partial charge in [0, 0.05) is 44.5 Å². The van der Waals surface area contributed by atoms with E-state index < -0.39 is 0 Å². The van der Waals surface area contributed by atoms with Crippen LogP contribution in [0.15, 0.2) is 42.7 Å². The van der Waals surface area contributed by atoms with Gasteiger partial charge in [0.2, 0.25) is 11.8 Å². The molecule has 0 aliphatic rings. The van der Waals surface area contributed by atoms with Gasteiger partial charge in [0.05, 0.1) is 0 Å². The number of anilines is 1. The largest absolute Gasteiger partial charge is 0.352 e. The zero-order valence-electron chi connectivity index (χ0n) is 14.4. The molecule has 0 saturated carbocycles. The fourth-order valence-electron chi connectivity index (χ4n) is 2.36. The second-order valence-electron chi connectivity index (χ2n) is 5.82. The Morgan fingerprint density at radius 3 is 2.42 bits per heavy atom. The molecule has 2 aromatic rings. The van der Waals surface area contributed by atoms with Crippen molar-refractivity contribution in [1.82, 2.24) is 10.3 Å². The number of hydrogen-bond acceptors (Lipinski definition) is 3. The molecule has 1 heterocycles. The van der Waals surface area contributed by atoms with Gasteiger partial charge in [0.25, 0.3) is 0 Å². The van der Waals surface area contributed by atoms with Crippen molar-refractivity contribution in [2.75, 3.05) is 11.4 Å². The van der Waals surface area contributed by atoms with E-state index in [0.717, 1.165) is 16.8 Å². The molecule has 0 aliphatic heterocycles. The molecule has 0 unspecified atom stereocenters. The third-order valence-corrected chi connectivity index (χ3v) is 3.98. The lowest BCUT2D eigenvalue weighted by molar-refractivity contribution is -0.121. The monoisotopic (exact) mass is 325 g/mol. The van der Waals surface area contributed by atoms with E-state index in [9.17, 15) is 9.59 Å². The normalized spacial score (nSPS) is 10.3. The van der Waals surface area contributed by atoms with Gasteiger partial charge in [-0.05, 0) is 54.8 Å². The molecule has 0 aliphatic carbocycles. The van der Waals surface area contributed by atoms with Crippen LogP contribution in [-0.4, -0.2) is 23.3 Å². The van der Waals surface area contributed by atoms with Crippen LogP contribution in [-0.2, 0) is 16.1 Å². The van der Waals surface area contributed by atoms with Crippen molar-refractivity contribution >= 4 is 17.5 Å². The Bertz CT molecular complexity index is 714. The molecule has 126 valence electrons. The Hall–Kier alpha value is -2.69. The minimum absolute atomic E-state index is 0.0693. The molecule has 0 bridgehead atoms. The van der Waals surface area contributed by atoms with Gasteiger partial charge < -0.3 is 10.2 Å². The molecular weight excluding hydrogens is 302 g/mol. The minimum Gasteiger partial charge on any atom is -0.352 e. The van der Waals surface area contributed by atoms with Crippen molar-refractivity contribution in [3.05, 3.63) is 59.4 Å². The molecule has 5 heteroatoms. The van der Waals surface area contributed by atoms with Crippen LogP contribution >= 0.6 is 0 Å². The first-order valence-electron chi connectivity index (χ1n) is 7.98. The lowest BCUT2D eigenvalue weighted by atomic mass is 10.1. The SMILES string of the molecule is CC(=O)N(CCC(=O)NCc1ccncc1)c1ccc(C)c(C)c1. The highest BCUT2D eigenvalue weighted by Crippen LogP contribution is 2.19. The second-order valence-corrected chi connectivity index (χ2v) is 5.82. The molecule has 24 heavy (non-hydrogen) atoms. The highest BCUT2D eigenvalue weighted by Gasteiger charge is 2.14. The quantitative estimate of drug-likeness (QED) is 0.888. The summed E-state index contributed by atoms with van der Waals surface area (Å²) in [5.41, 5.74) is 4.13. The fraction of sp³-hybridized carbons (Fsp3) is 0.316. The fourth-order valence-corrected chi connectivity index (χ4v) is 2.36. The van der Waals surface area contributed by atoms with Crippen molar-refractivity contribution in [3.63, 3.8) is 0 Å². The molecule has 2 rings (SSSR count). The van der Waals surface area contributed by atoms with E-state index in [1.54, 1.807) is 17.3 Å². The highest BCUT2D eigenvalue weighted by molar-refractivity contribution is 5.92. The van der Waals surface area contributed by atoms with Gasteiger partial charge in [-0.3, -0.25) is 14.6 Å². The maximum atomic E-state index is 12.0. The average Bonchev–Trinajstić information content (AvgIpc) is 2.57. The predicted octanol–water partition coefficient (Wildman–Crippen LogP) is 2.76. The molecule has 1 aromatic carbocycles. The van der Waals surface area contributed by atoms with Crippen molar-refractivity contribution in [2.24, 2.45) is 0 Å². The van der Waals surface area contributed by atoms with E-state index in [1.807, 2.05) is 44.2 Å². The van der Waals surface area contributed by atoms with Crippen LogP contribution in [0.3, 0.4) is 0 Å².